The number of nitrogens with one attached hydrogen (secondary N) is 1. The average molecular weight is 231 g/mol. The van der Waals surface area contributed by atoms with Crippen LogP contribution in [0.1, 0.15) is 39.5 Å². The second-order valence-electron chi connectivity index (χ2n) is 4.56. The summed E-state index contributed by atoms with van der Waals surface area (Å²) in [6.07, 6.45) is 4.28. The molecule has 0 radical (unpaired) electrons. The van der Waals surface area contributed by atoms with E-state index < -0.39 is 0 Å². The summed E-state index contributed by atoms with van der Waals surface area (Å²) in [5.41, 5.74) is 3.13. The molecule has 0 aromatic heterocycles. The topological polar surface area (TPSA) is 50.5 Å². The van der Waals surface area contributed by atoms with Crippen LogP contribution in [0, 0.1) is 0 Å². The fourth-order valence-electron chi connectivity index (χ4n) is 2.63. The van der Waals surface area contributed by atoms with Gasteiger partial charge in [0.05, 0.1) is 0 Å². The lowest BCUT2D eigenvalue weighted by Crippen LogP contribution is -2.60. The Balaban J connectivity index is 4.57. The van der Waals surface area contributed by atoms with Crippen molar-refractivity contribution < 1.29 is 4.74 Å². The van der Waals surface area contributed by atoms with Gasteiger partial charge in [0.1, 0.15) is 0 Å². The zero-order valence-corrected chi connectivity index (χ0v) is 11.5. The number of hydrogen-bond acceptors (Lipinski definition) is 4. The molecule has 0 amide bonds. The van der Waals surface area contributed by atoms with Gasteiger partial charge in [0.25, 0.3) is 0 Å². The number of hydrogen-bond donors (Lipinski definition) is 2. The first kappa shape index (κ1) is 15.8. The number of methoxy groups -OCH3 is 1. The van der Waals surface area contributed by atoms with Crippen LogP contribution in [0.25, 0.3) is 0 Å². The van der Waals surface area contributed by atoms with E-state index in [1.807, 2.05) is 0 Å². The molecule has 0 aromatic carbocycles. The van der Waals surface area contributed by atoms with Crippen LogP contribution < -0.4 is 11.3 Å². The molecule has 0 saturated carbocycles. The molecular formula is C12H29N3O. The molecule has 0 aliphatic rings. The summed E-state index contributed by atoms with van der Waals surface area (Å²) in [5.74, 6) is 5.71. The van der Waals surface area contributed by atoms with Crippen molar-refractivity contribution in [1.82, 2.24) is 10.3 Å². The first-order chi connectivity index (χ1) is 7.58. The lowest BCUT2D eigenvalue weighted by atomic mass is 9.81. The Kier molecular flexibility index (Phi) is 7.93. The summed E-state index contributed by atoms with van der Waals surface area (Å²) in [4.78, 5) is 2.30. The number of likely N-dealkylation sites (N-methyl/N-ethyl adjacent to an activating group) is 1. The first-order valence-electron chi connectivity index (χ1n) is 6.21. The third-order valence-corrected chi connectivity index (χ3v) is 3.81. The summed E-state index contributed by atoms with van der Waals surface area (Å²) >= 11 is 0. The van der Waals surface area contributed by atoms with E-state index in [1.165, 1.54) is 0 Å². The smallest absolute Gasteiger partial charge is 0.0462 e. The molecule has 0 aliphatic carbocycles. The van der Waals surface area contributed by atoms with E-state index in [0.717, 1.165) is 32.3 Å². The molecule has 0 fully saturated rings. The van der Waals surface area contributed by atoms with Crippen LogP contribution in [0.15, 0.2) is 0 Å². The maximum atomic E-state index is 5.71. The Morgan fingerprint density at radius 3 is 2.19 bits per heavy atom. The van der Waals surface area contributed by atoms with Gasteiger partial charge >= 0.3 is 0 Å². The number of ether oxygens (including phenoxy) is 1. The third kappa shape index (κ3) is 3.70. The highest BCUT2D eigenvalue weighted by Gasteiger charge is 2.36. The van der Waals surface area contributed by atoms with Crippen LogP contribution in [-0.2, 0) is 4.74 Å². The zero-order chi connectivity index (χ0) is 12.6. The summed E-state index contributed by atoms with van der Waals surface area (Å²) in [6.45, 7) is 5.25. The van der Waals surface area contributed by atoms with Gasteiger partial charge in [-0.15, -0.1) is 0 Å². The second-order valence-corrected chi connectivity index (χ2v) is 4.56. The molecule has 0 spiro atoms. The molecule has 4 nitrogen and oxygen atoms in total. The van der Waals surface area contributed by atoms with Crippen molar-refractivity contribution in [1.29, 1.82) is 0 Å². The van der Waals surface area contributed by atoms with Crippen molar-refractivity contribution in [3.63, 3.8) is 0 Å². The van der Waals surface area contributed by atoms with E-state index in [2.05, 4.69) is 38.3 Å². The van der Waals surface area contributed by atoms with Crippen molar-refractivity contribution in [3.05, 3.63) is 0 Å². The van der Waals surface area contributed by atoms with Gasteiger partial charge in [-0.3, -0.25) is 11.3 Å². The second kappa shape index (κ2) is 8.01. The van der Waals surface area contributed by atoms with Crippen molar-refractivity contribution in [2.45, 2.75) is 51.1 Å². The van der Waals surface area contributed by atoms with E-state index in [4.69, 9.17) is 10.6 Å². The van der Waals surface area contributed by atoms with Crippen LogP contribution in [0.2, 0.25) is 0 Å². The summed E-state index contributed by atoms with van der Waals surface area (Å²) in [6, 6.07) is 0.313. The molecular weight excluding hydrogens is 202 g/mol. The first-order valence-corrected chi connectivity index (χ1v) is 6.21. The minimum Gasteiger partial charge on any atom is -0.385 e. The van der Waals surface area contributed by atoms with Gasteiger partial charge < -0.3 is 9.64 Å². The highest BCUT2D eigenvalue weighted by molar-refractivity contribution is 4.95. The van der Waals surface area contributed by atoms with Crippen LogP contribution in [0.5, 0.6) is 0 Å². The van der Waals surface area contributed by atoms with Crippen LogP contribution in [0.3, 0.4) is 0 Å². The van der Waals surface area contributed by atoms with Crippen molar-refractivity contribution >= 4 is 0 Å². The molecule has 0 aliphatic heterocycles. The minimum absolute atomic E-state index is 0.141. The van der Waals surface area contributed by atoms with E-state index in [-0.39, 0.29) is 5.54 Å². The predicted octanol–water partition coefficient (Wildman–Crippen LogP) is 1.37. The molecule has 16 heavy (non-hydrogen) atoms. The van der Waals surface area contributed by atoms with Crippen molar-refractivity contribution in [2.24, 2.45) is 5.84 Å². The van der Waals surface area contributed by atoms with Crippen LogP contribution in [-0.4, -0.2) is 44.3 Å². The largest absolute Gasteiger partial charge is 0.385 e. The van der Waals surface area contributed by atoms with Crippen LogP contribution >= 0.6 is 0 Å². The minimum atomic E-state index is 0.141. The quantitative estimate of drug-likeness (QED) is 0.357. The van der Waals surface area contributed by atoms with Crippen molar-refractivity contribution in [2.75, 3.05) is 27.8 Å². The fraction of sp³-hybridized carbons (Fsp3) is 1.00. The number of rotatable bonds is 9. The monoisotopic (exact) mass is 231 g/mol. The Morgan fingerprint density at radius 2 is 1.88 bits per heavy atom. The Hall–Kier alpha value is -0.160. The van der Waals surface area contributed by atoms with E-state index in [0.29, 0.717) is 6.04 Å². The van der Waals surface area contributed by atoms with E-state index in [1.54, 1.807) is 7.11 Å². The lowest BCUT2D eigenvalue weighted by Gasteiger charge is -2.45. The van der Waals surface area contributed by atoms with Gasteiger partial charge in [-0.25, -0.2) is 0 Å². The molecule has 1 atom stereocenters. The average Bonchev–Trinajstić information content (AvgIpc) is 2.28. The number of nitrogens with two attached hydrogens (primary N) is 1. The van der Waals surface area contributed by atoms with Gasteiger partial charge in [0.15, 0.2) is 0 Å². The molecule has 0 saturated heterocycles. The van der Waals surface area contributed by atoms with Gasteiger partial charge in [-0.2, -0.15) is 0 Å². The lowest BCUT2D eigenvalue weighted by molar-refractivity contribution is 0.0779. The fourth-order valence-corrected chi connectivity index (χ4v) is 2.63. The van der Waals surface area contributed by atoms with Gasteiger partial charge in [0, 0.05) is 25.3 Å². The van der Waals surface area contributed by atoms with E-state index in [9.17, 15) is 0 Å². The highest BCUT2D eigenvalue weighted by atomic mass is 16.5. The van der Waals surface area contributed by atoms with Gasteiger partial charge in [0.2, 0.25) is 0 Å². The molecule has 4 heteroatoms. The SMILES string of the molecule is CCC(CC)(C(CCCOC)NN)N(C)C. The predicted molar refractivity (Wildman–Crippen MR) is 69.2 cm³/mol. The molecule has 0 aromatic rings. The Morgan fingerprint density at radius 1 is 1.31 bits per heavy atom. The number of nitrogens with zero attached hydrogens (tertiary/aromatic N) is 1. The summed E-state index contributed by atoms with van der Waals surface area (Å²) in [7, 11) is 6.01. The third-order valence-electron chi connectivity index (χ3n) is 3.81. The molecule has 1 unspecified atom stereocenters. The normalized spacial score (nSPS) is 14.4. The van der Waals surface area contributed by atoms with Gasteiger partial charge in [-0.05, 0) is 39.8 Å². The Labute approximate surface area is 100 Å². The summed E-state index contributed by atoms with van der Waals surface area (Å²) < 4.78 is 5.09. The molecule has 0 rings (SSSR count). The van der Waals surface area contributed by atoms with Gasteiger partial charge in [-0.1, -0.05) is 13.8 Å². The van der Waals surface area contributed by atoms with E-state index >= 15 is 0 Å². The molecule has 0 heterocycles. The standard InChI is InChI=1S/C12H29N3O/c1-6-12(7-2,15(3)4)11(14-13)9-8-10-16-5/h11,14H,6-10,13H2,1-5H3. The maximum Gasteiger partial charge on any atom is 0.0462 e. The molecule has 0 bridgehead atoms. The highest BCUT2D eigenvalue weighted by Crippen LogP contribution is 2.27. The zero-order valence-electron chi connectivity index (χ0n) is 11.5. The molecule has 3 N–H and O–H groups in total. The Bertz CT molecular complexity index is 170. The maximum absolute atomic E-state index is 5.71. The summed E-state index contributed by atoms with van der Waals surface area (Å²) in [5, 5.41) is 0. The number of hydrazine groups is 1. The van der Waals surface area contributed by atoms with Crippen molar-refractivity contribution in [3.8, 4) is 0 Å². The molecule has 98 valence electrons. The van der Waals surface area contributed by atoms with Crippen LogP contribution in [0.4, 0.5) is 0 Å².